The van der Waals surface area contributed by atoms with E-state index in [-0.39, 0.29) is 18.4 Å². The third-order valence-electron chi connectivity index (χ3n) is 6.24. The molecule has 0 aromatic heterocycles. The van der Waals surface area contributed by atoms with E-state index in [0.717, 1.165) is 11.1 Å². The molecule has 1 aliphatic rings. The number of carbonyl (C=O) groups excluding carboxylic acids is 3. The van der Waals surface area contributed by atoms with Crippen molar-refractivity contribution in [2.24, 2.45) is 0 Å². The lowest BCUT2D eigenvalue weighted by Crippen LogP contribution is -2.47. The van der Waals surface area contributed by atoms with Gasteiger partial charge in [0.15, 0.2) is 12.1 Å². The quantitative estimate of drug-likeness (QED) is 0.393. The van der Waals surface area contributed by atoms with Crippen LogP contribution in [0.5, 0.6) is 5.75 Å². The van der Waals surface area contributed by atoms with Gasteiger partial charge in [-0.3, -0.25) is 14.5 Å². The van der Waals surface area contributed by atoms with Crippen molar-refractivity contribution in [3.05, 3.63) is 95.1 Å². The van der Waals surface area contributed by atoms with Gasteiger partial charge >= 0.3 is 6.09 Å². The van der Waals surface area contributed by atoms with Gasteiger partial charge in [0.05, 0.1) is 20.3 Å². The smallest absolute Gasteiger partial charge is 0.411 e. The van der Waals surface area contributed by atoms with Crippen molar-refractivity contribution in [1.82, 2.24) is 10.2 Å². The molecule has 4 rings (SSSR count). The Bertz CT molecular complexity index is 1280. The van der Waals surface area contributed by atoms with E-state index < -0.39 is 18.2 Å². The van der Waals surface area contributed by atoms with Crippen molar-refractivity contribution in [2.75, 3.05) is 32.7 Å². The second kappa shape index (κ2) is 12.2. The van der Waals surface area contributed by atoms with Gasteiger partial charge < -0.3 is 24.8 Å². The summed E-state index contributed by atoms with van der Waals surface area (Å²) in [4.78, 5) is 40.2. The number of nitrogens with zero attached hydrogens (tertiary/aromatic N) is 1. The number of methoxy groups -OCH3 is 2. The Morgan fingerprint density at radius 2 is 1.74 bits per heavy atom. The highest BCUT2D eigenvalue weighted by atomic mass is 16.6. The Morgan fingerprint density at radius 1 is 1.00 bits per heavy atom. The summed E-state index contributed by atoms with van der Waals surface area (Å²) in [6, 6.07) is 20.6. The maximum absolute atomic E-state index is 13.2. The predicted molar refractivity (Wildman–Crippen MR) is 142 cm³/mol. The molecule has 198 valence electrons. The predicted octanol–water partition coefficient (Wildman–Crippen LogP) is 4.08. The Hall–Kier alpha value is -4.37. The van der Waals surface area contributed by atoms with Gasteiger partial charge in [0, 0.05) is 24.9 Å². The number of rotatable bonds is 10. The molecule has 1 saturated heterocycles. The molecule has 2 unspecified atom stereocenters. The number of carbonyl (C=O) groups is 3. The van der Waals surface area contributed by atoms with E-state index in [1.807, 2.05) is 31.2 Å². The number of benzene rings is 3. The number of hydrogen-bond donors (Lipinski definition) is 2. The minimum Gasteiger partial charge on any atom is -0.497 e. The third-order valence-corrected chi connectivity index (χ3v) is 6.24. The van der Waals surface area contributed by atoms with Crippen LogP contribution in [-0.4, -0.2) is 56.2 Å². The number of hydrogen-bond acceptors (Lipinski definition) is 6. The number of cyclic esters (lactones) is 1. The summed E-state index contributed by atoms with van der Waals surface area (Å²) in [7, 11) is 3.12. The summed E-state index contributed by atoms with van der Waals surface area (Å²) >= 11 is 0. The molecule has 3 amide bonds. The number of amides is 3. The van der Waals surface area contributed by atoms with Crippen LogP contribution >= 0.6 is 0 Å². The normalized spacial score (nSPS) is 16.6. The van der Waals surface area contributed by atoms with Gasteiger partial charge in [-0.05, 0) is 54.4 Å². The SMILES string of the molecule is COCCNC(=O)C1C(c2ccc(NC(=O)c3ccc(OC)cc3)cc2)OC(=O)N1Cc1cccc(C)c1. The van der Waals surface area contributed by atoms with E-state index in [0.29, 0.717) is 35.7 Å². The van der Waals surface area contributed by atoms with E-state index in [1.165, 1.54) is 4.90 Å². The molecule has 2 N–H and O–H groups in total. The van der Waals surface area contributed by atoms with Gasteiger partial charge in [-0.25, -0.2) is 4.79 Å². The van der Waals surface area contributed by atoms with Crippen LogP contribution in [0.1, 0.15) is 33.2 Å². The Kier molecular flexibility index (Phi) is 8.60. The Balaban J connectivity index is 1.52. The molecule has 0 radical (unpaired) electrons. The van der Waals surface area contributed by atoms with Gasteiger partial charge in [-0.2, -0.15) is 0 Å². The maximum atomic E-state index is 13.2. The first-order valence-corrected chi connectivity index (χ1v) is 12.2. The molecule has 1 aliphatic heterocycles. The first kappa shape index (κ1) is 26.7. The molecular formula is C29H31N3O6. The largest absolute Gasteiger partial charge is 0.497 e. The zero-order valence-corrected chi connectivity index (χ0v) is 21.6. The van der Waals surface area contributed by atoms with E-state index >= 15 is 0 Å². The molecule has 0 saturated carbocycles. The van der Waals surface area contributed by atoms with Crippen LogP contribution in [0, 0.1) is 6.92 Å². The lowest BCUT2D eigenvalue weighted by Gasteiger charge is -2.24. The molecule has 2 atom stereocenters. The van der Waals surface area contributed by atoms with Gasteiger partial charge in [0.25, 0.3) is 5.91 Å². The van der Waals surface area contributed by atoms with Crippen molar-refractivity contribution in [1.29, 1.82) is 0 Å². The Morgan fingerprint density at radius 3 is 2.39 bits per heavy atom. The maximum Gasteiger partial charge on any atom is 0.411 e. The molecule has 0 bridgehead atoms. The van der Waals surface area contributed by atoms with Gasteiger partial charge in [0.2, 0.25) is 5.91 Å². The minimum absolute atomic E-state index is 0.232. The molecule has 0 spiro atoms. The average molecular weight is 518 g/mol. The van der Waals surface area contributed by atoms with E-state index in [1.54, 1.807) is 62.8 Å². The van der Waals surface area contributed by atoms with Crippen molar-refractivity contribution in [3.8, 4) is 5.75 Å². The molecule has 38 heavy (non-hydrogen) atoms. The van der Waals surface area contributed by atoms with Crippen molar-refractivity contribution < 1.29 is 28.6 Å². The standard InChI is InChI=1S/C29H31N3O6/c1-19-5-4-6-20(17-19)18-32-25(28(34)30-15-16-36-2)26(38-29(32)35)21-7-11-23(12-8-21)31-27(33)22-9-13-24(37-3)14-10-22/h4-14,17,25-26H,15-16,18H2,1-3H3,(H,30,34)(H,31,33). The molecule has 3 aromatic rings. The summed E-state index contributed by atoms with van der Waals surface area (Å²) in [6.07, 6.45) is -1.39. The summed E-state index contributed by atoms with van der Waals surface area (Å²) < 4.78 is 15.9. The second-order valence-electron chi connectivity index (χ2n) is 8.95. The molecule has 0 aliphatic carbocycles. The van der Waals surface area contributed by atoms with Gasteiger partial charge in [0.1, 0.15) is 5.75 Å². The fourth-order valence-corrected chi connectivity index (χ4v) is 4.30. The van der Waals surface area contributed by atoms with Crippen LogP contribution in [-0.2, 0) is 20.8 Å². The van der Waals surface area contributed by atoms with Crippen LogP contribution < -0.4 is 15.4 Å². The van der Waals surface area contributed by atoms with Crippen LogP contribution in [0.3, 0.4) is 0 Å². The molecule has 1 fully saturated rings. The second-order valence-corrected chi connectivity index (χ2v) is 8.95. The lowest BCUT2D eigenvalue weighted by atomic mass is 10.00. The van der Waals surface area contributed by atoms with Crippen LogP contribution in [0.25, 0.3) is 0 Å². The monoisotopic (exact) mass is 517 g/mol. The third kappa shape index (κ3) is 6.30. The van der Waals surface area contributed by atoms with E-state index in [4.69, 9.17) is 14.2 Å². The summed E-state index contributed by atoms with van der Waals surface area (Å²) in [5.74, 6) is 0.0594. The van der Waals surface area contributed by atoms with Crippen molar-refractivity contribution in [2.45, 2.75) is 25.6 Å². The first-order valence-electron chi connectivity index (χ1n) is 12.2. The summed E-state index contributed by atoms with van der Waals surface area (Å²) in [5, 5.41) is 5.68. The minimum atomic E-state index is -0.875. The number of aryl methyl sites for hydroxylation is 1. The summed E-state index contributed by atoms with van der Waals surface area (Å²) in [6.45, 7) is 2.85. The highest BCUT2D eigenvalue weighted by Gasteiger charge is 2.46. The van der Waals surface area contributed by atoms with Crippen LogP contribution in [0.2, 0.25) is 0 Å². The van der Waals surface area contributed by atoms with Gasteiger partial charge in [-0.1, -0.05) is 42.0 Å². The molecule has 9 nitrogen and oxygen atoms in total. The fourth-order valence-electron chi connectivity index (χ4n) is 4.30. The topological polar surface area (TPSA) is 106 Å². The average Bonchev–Trinajstić information content (AvgIpc) is 3.24. The van der Waals surface area contributed by atoms with E-state index in [9.17, 15) is 14.4 Å². The Labute approximate surface area is 221 Å². The van der Waals surface area contributed by atoms with E-state index in [2.05, 4.69) is 10.6 Å². The van der Waals surface area contributed by atoms with Crippen molar-refractivity contribution >= 4 is 23.6 Å². The van der Waals surface area contributed by atoms with Crippen molar-refractivity contribution in [3.63, 3.8) is 0 Å². The molecule has 9 heteroatoms. The highest BCUT2D eigenvalue weighted by molar-refractivity contribution is 6.04. The summed E-state index contributed by atoms with van der Waals surface area (Å²) in [5.41, 5.74) is 3.64. The number of anilines is 1. The molecule has 3 aromatic carbocycles. The number of ether oxygens (including phenoxy) is 3. The zero-order chi connectivity index (χ0) is 27.1. The zero-order valence-electron chi connectivity index (χ0n) is 21.6. The van der Waals surface area contributed by atoms with Crippen LogP contribution in [0.15, 0.2) is 72.8 Å². The molecule has 1 heterocycles. The lowest BCUT2D eigenvalue weighted by molar-refractivity contribution is -0.126. The fraction of sp³-hybridized carbons (Fsp3) is 0.276. The van der Waals surface area contributed by atoms with Crippen LogP contribution in [0.4, 0.5) is 10.5 Å². The molecular weight excluding hydrogens is 486 g/mol. The highest BCUT2D eigenvalue weighted by Crippen LogP contribution is 2.34. The number of nitrogens with one attached hydrogen (secondary N) is 2. The van der Waals surface area contributed by atoms with Gasteiger partial charge in [-0.15, -0.1) is 0 Å². The first-order chi connectivity index (χ1) is 18.4.